The summed E-state index contributed by atoms with van der Waals surface area (Å²) >= 11 is 0. The predicted octanol–water partition coefficient (Wildman–Crippen LogP) is 3.41. The van der Waals surface area contributed by atoms with Crippen LogP contribution in [0.1, 0.15) is 51.5 Å². The third-order valence-corrected chi connectivity index (χ3v) is 6.44. The molecular weight excluding hydrogens is 402 g/mol. The van der Waals surface area contributed by atoms with Crippen LogP contribution in [0.25, 0.3) is 22.3 Å². The highest BCUT2D eigenvalue weighted by atomic mass is 16.2. The SMILES string of the molecule is CCC[C@H](C(=O)NC1CCC(n2nc(-c3ccccc3)c3c(N)ncnc32)CC1)N(C)C. The van der Waals surface area contributed by atoms with Gasteiger partial charge in [-0.1, -0.05) is 43.7 Å². The summed E-state index contributed by atoms with van der Waals surface area (Å²) in [7, 11) is 3.94. The van der Waals surface area contributed by atoms with Crippen molar-refractivity contribution >= 4 is 22.8 Å². The van der Waals surface area contributed by atoms with Gasteiger partial charge in [-0.25, -0.2) is 14.6 Å². The Morgan fingerprint density at radius 1 is 1.19 bits per heavy atom. The van der Waals surface area contributed by atoms with E-state index in [0.29, 0.717) is 5.82 Å². The third-order valence-electron chi connectivity index (χ3n) is 6.44. The Morgan fingerprint density at radius 2 is 1.91 bits per heavy atom. The van der Waals surface area contributed by atoms with E-state index in [2.05, 4.69) is 22.2 Å². The van der Waals surface area contributed by atoms with Gasteiger partial charge in [-0.15, -0.1) is 0 Å². The molecule has 0 bridgehead atoms. The van der Waals surface area contributed by atoms with Crippen molar-refractivity contribution in [2.24, 2.45) is 0 Å². The topological polar surface area (TPSA) is 102 Å². The minimum absolute atomic E-state index is 0.0686. The quantitative estimate of drug-likeness (QED) is 0.590. The summed E-state index contributed by atoms with van der Waals surface area (Å²) < 4.78 is 2.02. The van der Waals surface area contributed by atoms with Crippen LogP contribution >= 0.6 is 0 Å². The summed E-state index contributed by atoms with van der Waals surface area (Å²) in [5.41, 5.74) is 8.84. The predicted molar refractivity (Wildman–Crippen MR) is 127 cm³/mol. The van der Waals surface area contributed by atoms with Crippen LogP contribution in [0.3, 0.4) is 0 Å². The second-order valence-corrected chi connectivity index (χ2v) is 8.90. The van der Waals surface area contributed by atoms with Crippen LogP contribution in [0.4, 0.5) is 5.82 Å². The standard InChI is InChI=1S/C24H33N7O/c1-4-8-19(30(2)3)24(32)28-17-11-13-18(14-12-17)31-23-20(22(25)26-15-27-23)21(29-31)16-9-6-5-7-10-16/h5-7,9-10,15,17-19H,4,8,11-14H2,1-3H3,(H,28,32)(H2,25,26,27)/t17?,18?,19-/m1/s1. The number of benzene rings is 1. The largest absolute Gasteiger partial charge is 0.383 e. The number of nitrogens with zero attached hydrogens (tertiary/aromatic N) is 5. The van der Waals surface area contributed by atoms with Gasteiger partial charge in [0, 0.05) is 11.6 Å². The number of hydrogen-bond acceptors (Lipinski definition) is 6. The Hall–Kier alpha value is -3.00. The number of carbonyl (C=O) groups excluding carboxylic acids is 1. The molecule has 0 saturated heterocycles. The van der Waals surface area contributed by atoms with Gasteiger partial charge < -0.3 is 11.1 Å². The smallest absolute Gasteiger partial charge is 0.237 e. The van der Waals surface area contributed by atoms with Crippen molar-refractivity contribution in [3.8, 4) is 11.3 Å². The second kappa shape index (κ2) is 9.65. The zero-order chi connectivity index (χ0) is 22.7. The number of hydrogen-bond donors (Lipinski definition) is 2. The number of rotatable bonds is 7. The Balaban J connectivity index is 1.51. The maximum Gasteiger partial charge on any atom is 0.237 e. The molecule has 3 N–H and O–H groups in total. The van der Waals surface area contributed by atoms with Gasteiger partial charge in [-0.2, -0.15) is 5.10 Å². The Kier molecular flexibility index (Phi) is 6.69. The van der Waals surface area contributed by atoms with Crippen LogP contribution in [0, 0.1) is 0 Å². The number of nitrogens with two attached hydrogens (primary N) is 1. The van der Waals surface area contributed by atoms with E-state index in [1.807, 2.05) is 54.0 Å². The second-order valence-electron chi connectivity index (χ2n) is 8.90. The van der Waals surface area contributed by atoms with Crippen LogP contribution in [0.2, 0.25) is 0 Å². The molecule has 2 aromatic heterocycles. The van der Waals surface area contributed by atoms with E-state index in [1.54, 1.807) is 0 Å². The molecule has 1 aliphatic rings. The molecule has 4 rings (SSSR count). The summed E-state index contributed by atoms with van der Waals surface area (Å²) in [4.78, 5) is 23.5. The summed E-state index contributed by atoms with van der Waals surface area (Å²) in [6.07, 6.45) is 7.07. The highest BCUT2D eigenvalue weighted by molar-refractivity contribution is 5.98. The fourth-order valence-electron chi connectivity index (χ4n) is 4.71. The average molecular weight is 436 g/mol. The molecule has 32 heavy (non-hydrogen) atoms. The normalized spacial score (nSPS) is 19.9. The lowest BCUT2D eigenvalue weighted by Gasteiger charge is -2.31. The van der Waals surface area contributed by atoms with Crippen LogP contribution in [0.15, 0.2) is 36.7 Å². The minimum atomic E-state index is -0.0686. The summed E-state index contributed by atoms with van der Waals surface area (Å²) in [5.74, 6) is 0.587. The van der Waals surface area contributed by atoms with Gasteiger partial charge >= 0.3 is 0 Å². The number of likely N-dealkylation sites (N-methyl/N-ethyl adjacent to an activating group) is 1. The molecule has 2 heterocycles. The maximum atomic E-state index is 12.8. The summed E-state index contributed by atoms with van der Waals surface area (Å²) in [6, 6.07) is 10.4. The van der Waals surface area contributed by atoms with Crippen molar-refractivity contribution < 1.29 is 4.79 Å². The highest BCUT2D eigenvalue weighted by Crippen LogP contribution is 2.35. The van der Waals surface area contributed by atoms with E-state index in [1.165, 1.54) is 6.33 Å². The van der Waals surface area contributed by atoms with Crippen LogP contribution < -0.4 is 11.1 Å². The average Bonchev–Trinajstić information content (AvgIpc) is 3.19. The lowest BCUT2D eigenvalue weighted by Crippen LogP contribution is -2.48. The lowest BCUT2D eigenvalue weighted by molar-refractivity contribution is -0.126. The van der Waals surface area contributed by atoms with E-state index >= 15 is 0 Å². The molecule has 0 radical (unpaired) electrons. The van der Waals surface area contributed by atoms with Crippen molar-refractivity contribution in [2.75, 3.05) is 19.8 Å². The van der Waals surface area contributed by atoms with Crippen LogP contribution in [0.5, 0.6) is 0 Å². The van der Waals surface area contributed by atoms with Gasteiger partial charge in [0.25, 0.3) is 0 Å². The van der Waals surface area contributed by atoms with Gasteiger partial charge in [-0.05, 0) is 46.2 Å². The maximum absolute atomic E-state index is 12.8. The molecule has 170 valence electrons. The van der Waals surface area contributed by atoms with Crippen LogP contribution in [-0.2, 0) is 4.79 Å². The number of nitrogens with one attached hydrogen (secondary N) is 1. The molecule has 1 atom stereocenters. The molecule has 3 aromatic rings. The zero-order valence-corrected chi connectivity index (χ0v) is 19.2. The molecule has 0 unspecified atom stereocenters. The molecule has 8 heteroatoms. The number of carbonyl (C=O) groups is 1. The van der Waals surface area contributed by atoms with Gasteiger partial charge in [0.2, 0.25) is 5.91 Å². The molecule has 1 aliphatic carbocycles. The van der Waals surface area contributed by atoms with Crippen molar-refractivity contribution in [3.63, 3.8) is 0 Å². The van der Waals surface area contributed by atoms with Crippen molar-refractivity contribution in [1.82, 2.24) is 30.0 Å². The molecule has 1 amide bonds. The number of fused-ring (bicyclic) bond motifs is 1. The monoisotopic (exact) mass is 435 g/mol. The fraction of sp³-hybridized carbons (Fsp3) is 0.500. The first-order valence-electron chi connectivity index (χ1n) is 11.5. The molecule has 1 fully saturated rings. The van der Waals surface area contributed by atoms with E-state index < -0.39 is 0 Å². The Morgan fingerprint density at radius 3 is 2.56 bits per heavy atom. The number of anilines is 1. The van der Waals surface area contributed by atoms with Crippen molar-refractivity contribution in [3.05, 3.63) is 36.7 Å². The van der Waals surface area contributed by atoms with Gasteiger partial charge in [0.05, 0.1) is 17.5 Å². The number of nitrogen functional groups attached to an aromatic ring is 1. The van der Waals surface area contributed by atoms with Crippen molar-refractivity contribution in [2.45, 2.75) is 63.6 Å². The third kappa shape index (κ3) is 4.46. The number of aromatic nitrogens is 4. The van der Waals surface area contributed by atoms with Crippen LogP contribution in [-0.4, -0.2) is 56.7 Å². The molecule has 1 saturated carbocycles. The number of amides is 1. The molecular formula is C24H33N7O. The van der Waals surface area contributed by atoms with E-state index in [-0.39, 0.29) is 24.0 Å². The molecule has 1 aromatic carbocycles. The first-order chi connectivity index (χ1) is 15.5. The fourth-order valence-corrected chi connectivity index (χ4v) is 4.71. The van der Waals surface area contributed by atoms with Gasteiger partial charge in [0.15, 0.2) is 5.65 Å². The summed E-state index contributed by atoms with van der Waals surface area (Å²) in [5, 5.41) is 9.03. The molecule has 0 spiro atoms. The first kappa shape index (κ1) is 22.2. The lowest BCUT2D eigenvalue weighted by atomic mass is 9.91. The van der Waals surface area contributed by atoms with E-state index in [9.17, 15) is 4.79 Å². The van der Waals surface area contributed by atoms with E-state index in [0.717, 1.165) is 60.8 Å². The Labute approximate surface area is 189 Å². The first-order valence-corrected chi connectivity index (χ1v) is 11.5. The highest BCUT2D eigenvalue weighted by Gasteiger charge is 2.29. The molecule has 0 aliphatic heterocycles. The minimum Gasteiger partial charge on any atom is -0.383 e. The summed E-state index contributed by atoms with van der Waals surface area (Å²) in [6.45, 7) is 2.11. The van der Waals surface area contributed by atoms with Crippen molar-refractivity contribution in [1.29, 1.82) is 0 Å². The zero-order valence-electron chi connectivity index (χ0n) is 19.2. The van der Waals surface area contributed by atoms with E-state index in [4.69, 9.17) is 10.8 Å². The van der Waals surface area contributed by atoms with Gasteiger partial charge in [0.1, 0.15) is 17.8 Å². The van der Waals surface area contributed by atoms with Gasteiger partial charge in [-0.3, -0.25) is 9.69 Å². The Bertz CT molecular complexity index is 1050. The molecule has 8 nitrogen and oxygen atoms in total.